The highest BCUT2D eigenvalue weighted by Gasteiger charge is 2.34. The zero-order valence-corrected chi connectivity index (χ0v) is 13.2. The molecule has 1 amide bonds. The average molecular weight is 367 g/mol. The summed E-state index contributed by atoms with van der Waals surface area (Å²) in [6.07, 6.45) is -6.50. The van der Waals surface area contributed by atoms with Crippen LogP contribution in [-0.4, -0.2) is 68.7 Å². The van der Waals surface area contributed by atoms with E-state index in [2.05, 4.69) is 5.10 Å². The Bertz CT molecular complexity index is 571. The van der Waals surface area contributed by atoms with Gasteiger partial charge in [0.15, 0.2) is 6.10 Å². The molecule has 0 saturated carbocycles. The molecule has 1 aromatic carbocycles. The van der Waals surface area contributed by atoms with Gasteiger partial charge in [-0.25, -0.2) is 5.43 Å². The number of hydrogen-bond donors (Lipinski definition) is 6. The normalized spacial score (nSPS) is 16.8. The van der Waals surface area contributed by atoms with Gasteiger partial charge in [0.2, 0.25) is 0 Å². The minimum atomic E-state index is -2.07. The van der Waals surface area contributed by atoms with Gasteiger partial charge in [-0.3, -0.25) is 4.79 Å². The SMILES string of the molecule is O=C(NN=Cc1ccc(Cl)cc1Cl)C(O)C(O)C(O)C(O)CO. The Balaban J connectivity index is 2.63. The molecule has 0 aromatic heterocycles. The van der Waals surface area contributed by atoms with E-state index in [1.807, 2.05) is 5.43 Å². The number of amides is 1. The van der Waals surface area contributed by atoms with Crippen LogP contribution in [-0.2, 0) is 4.79 Å². The van der Waals surface area contributed by atoms with Crippen LogP contribution in [0.15, 0.2) is 23.3 Å². The van der Waals surface area contributed by atoms with E-state index < -0.39 is 36.9 Å². The predicted molar refractivity (Wildman–Crippen MR) is 83.3 cm³/mol. The summed E-state index contributed by atoms with van der Waals surface area (Å²) < 4.78 is 0. The largest absolute Gasteiger partial charge is 0.394 e. The van der Waals surface area contributed by atoms with E-state index in [0.717, 1.165) is 0 Å². The Labute approximate surface area is 141 Å². The average Bonchev–Trinajstić information content (AvgIpc) is 2.53. The number of hydrazone groups is 1. The van der Waals surface area contributed by atoms with Crippen molar-refractivity contribution in [2.75, 3.05) is 6.61 Å². The van der Waals surface area contributed by atoms with E-state index in [1.165, 1.54) is 12.3 Å². The van der Waals surface area contributed by atoms with Gasteiger partial charge in [-0.2, -0.15) is 5.10 Å². The Kier molecular flexibility index (Phi) is 7.86. The predicted octanol–water partition coefficient (Wildman–Crippen LogP) is -1.12. The number of nitrogens with zero attached hydrogens (tertiary/aromatic N) is 1. The van der Waals surface area contributed by atoms with Crippen LogP contribution in [0.1, 0.15) is 5.56 Å². The van der Waals surface area contributed by atoms with E-state index in [-0.39, 0.29) is 5.02 Å². The molecule has 0 fully saturated rings. The summed E-state index contributed by atoms with van der Waals surface area (Å²) in [7, 11) is 0. The zero-order valence-electron chi connectivity index (χ0n) is 11.7. The number of halogens is 2. The van der Waals surface area contributed by atoms with Crippen molar-refractivity contribution < 1.29 is 30.3 Å². The zero-order chi connectivity index (χ0) is 17.6. The number of carbonyl (C=O) groups excluding carboxylic acids is 1. The van der Waals surface area contributed by atoms with Gasteiger partial charge in [0.05, 0.1) is 17.8 Å². The van der Waals surface area contributed by atoms with E-state index in [0.29, 0.717) is 10.6 Å². The Morgan fingerprint density at radius 1 is 1.22 bits per heavy atom. The third-order valence-electron chi connectivity index (χ3n) is 2.86. The van der Waals surface area contributed by atoms with E-state index in [1.54, 1.807) is 12.1 Å². The van der Waals surface area contributed by atoms with E-state index >= 15 is 0 Å². The molecule has 0 radical (unpaired) electrons. The molecule has 4 unspecified atom stereocenters. The molecular formula is C13H16Cl2N2O6. The molecule has 8 nitrogen and oxygen atoms in total. The highest BCUT2D eigenvalue weighted by Crippen LogP contribution is 2.19. The molecule has 0 spiro atoms. The molecule has 10 heteroatoms. The molecule has 23 heavy (non-hydrogen) atoms. The Hall–Kier alpha value is -1.26. The van der Waals surface area contributed by atoms with Crippen molar-refractivity contribution in [3.05, 3.63) is 33.8 Å². The summed E-state index contributed by atoms with van der Waals surface area (Å²) in [6.45, 7) is -0.847. The van der Waals surface area contributed by atoms with Crippen molar-refractivity contribution >= 4 is 35.3 Å². The van der Waals surface area contributed by atoms with Crippen LogP contribution in [0.5, 0.6) is 0 Å². The van der Waals surface area contributed by atoms with Crippen LogP contribution in [0.3, 0.4) is 0 Å². The van der Waals surface area contributed by atoms with Gasteiger partial charge >= 0.3 is 0 Å². The lowest BCUT2D eigenvalue weighted by atomic mass is 10.0. The van der Waals surface area contributed by atoms with E-state index in [9.17, 15) is 20.1 Å². The fourth-order valence-corrected chi connectivity index (χ4v) is 1.97. The molecule has 4 atom stereocenters. The van der Waals surface area contributed by atoms with Gasteiger partial charge in [-0.05, 0) is 12.1 Å². The third kappa shape index (κ3) is 5.70. The van der Waals surface area contributed by atoms with Crippen molar-refractivity contribution in [1.82, 2.24) is 5.43 Å². The second kappa shape index (κ2) is 9.14. The van der Waals surface area contributed by atoms with Gasteiger partial charge in [-0.1, -0.05) is 29.3 Å². The minimum absolute atomic E-state index is 0.289. The summed E-state index contributed by atoms with van der Waals surface area (Å²) in [6, 6.07) is 4.58. The lowest BCUT2D eigenvalue weighted by Gasteiger charge is -2.24. The van der Waals surface area contributed by atoms with Crippen molar-refractivity contribution in [3.8, 4) is 0 Å². The quantitative estimate of drug-likeness (QED) is 0.266. The van der Waals surface area contributed by atoms with Crippen molar-refractivity contribution in [3.63, 3.8) is 0 Å². The topological polar surface area (TPSA) is 143 Å². The van der Waals surface area contributed by atoms with Gasteiger partial charge in [-0.15, -0.1) is 0 Å². The number of aliphatic hydroxyl groups excluding tert-OH is 5. The highest BCUT2D eigenvalue weighted by molar-refractivity contribution is 6.36. The first kappa shape index (κ1) is 19.8. The van der Waals surface area contributed by atoms with Gasteiger partial charge < -0.3 is 25.5 Å². The number of aliphatic hydroxyl groups is 5. The fourth-order valence-electron chi connectivity index (χ4n) is 1.52. The van der Waals surface area contributed by atoms with Crippen LogP contribution >= 0.6 is 23.2 Å². The maximum atomic E-state index is 11.6. The van der Waals surface area contributed by atoms with Gasteiger partial charge in [0.1, 0.15) is 18.3 Å². The first-order valence-electron chi connectivity index (χ1n) is 6.39. The molecule has 0 heterocycles. The molecule has 0 aliphatic heterocycles. The van der Waals surface area contributed by atoms with Crippen LogP contribution in [0.2, 0.25) is 10.0 Å². The van der Waals surface area contributed by atoms with Crippen molar-refractivity contribution in [2.24, 2.45) is 5.10 Å². The summed E-state index contributed by atoms with van der Waals surface area (Å²) in [5.74, 6) is -1.12. The van der Waals surface area contributed by atoms with Crippen LogP contribution < -0.4 is 5.43 Å². The Morgan fingerprint density at radius 3 is 2.43 bits per heavy atom. The molecule has 1 aromatic rings. The summed E-state index contributed by atoms with van der Waals surface area (Å²) >= 11 is 11.6. The molecule has 1 rings (SSSR count). The lowest BCUT2D eigenvalue weighted by Crippen LogP contribution is -2.50. The fraction of sp³-hybridized carbons (Fsp3) is 0.385. The highest BCUT2D eigenvalue weighted by atomic mass is 35.5. The second-order valence-corrected chi connectivity index (χ2v) is 5.42. The summed E-state index contributed by atoms with van der Waals surface area (Å²) in [4.78, 5) is 11.6. The second-order valence-electron chi connectivity index (χ2n) is 4.58. The first-order valence-corrected chi connectivity index (χ1v) is 7.14. The molecule has 128 valence electrons. The van der Waals surface area contributed by atoms with Crippen molar-refractivity contribution in [1.29, 1.82) is 0 Å². The van der Waals surface area contributed by atoms with Gasteiger partial charge in [0, 0.05) is 10.6 Å². The summed E-state index contributed by atoms with van der Waals surface area (Å²) in [5, 5.41) is 50.5. The standard InChI is InChI=1S/C13H16Cl2N2O6/c14-7-2-1-6(8(15)3-7)4-16-17-13(23)12(22)11(21)10(20)9(19)5-18/h1-4,9-12,18-22H,5H2,(H,17,23). The summed E-state index contributed by atoms with van der Waals surface area (Å²) in [5.41, 5.74) is 2.39. The smallest absolute Gasteiger partial charge is 0.271 e. The number of hydrogen-bond acceptors (Lipinski definition) is 7. The molecule has 0 bridgehead atoms. The monoisotopic (exact) mass is 366 g/mol. The van der Waals surface area contributed by atoms with Crippen LogP contribution in [0, 0.1) is 0 Å². The van der Waals surface area contributed by atoms with Crippen molar-refractivity contribution in [2.45, 2.75) is 24.4 Å². The molecule has 6 N–H and O–H groups in total. The van der Waals surface area contributed by atoms with Gasteiger partial charge in [0.25, 0.3) is 5.91 Å². The van der Waals surface area contributed by atoms with Crippen LogP contribution in [0.4, 0.5) is 0 Å². The lowest BCUT2D eigenvalue weighted by molar-refractivity contribution is -0.148. The Morgan fingerprint density at radius 2 is 1.87 bits per heavy atom. The third-order valence-corrected chi connectivity index (χ3v) is 3.43. The number of rotatable bonds is 7. The molecular weight excluding hydrogens is 351 g/mol. The maximum absolute atomic E-state index is 11.6. The minimum Gasteiger partial charge on any atom is -0.394 e. The maximum Gasteiger partial charge on any atom is 0.271 e. The number of benzene rings is 1. The number of nitrogens with one attached hydrogen (secondary N) is 1. The molecule has 0 saturated heterocycles. The molecule has 0 aliphatic carbocycles. The molecule has 0 aliphatic rings. The first-order chi connectivity index (χ1) is 10.8. The number of carbonyl (C=O) groups is 1. The van der Waals surface area contributed by atoms with Crippen LogP contribution in [0.25, 0.3) is 0 Å². The van der Waals surface area contributed by atoms with E-state index in [4.69, 9.17) is 33.4 Å².